The van der Waals surface area contributed by atoms with E-state index in [-0.39, 0.29) is 19.3 Å². The van der Waals surface area contributed by atoms with Gasteiger partial charge < -0.3 is 4.74 Å². The van der Waals surface area contributed by atoms with Gasteiger partial charge >= 0.3 is 7.75 Å². The topological polar surface area (TPSA) is 99.9 Å². The Morgan fingerprint density at radius 3 is 2.67 bits per heavy atom. The molecule has 0 bridgehead atoms. The molecule has 2 aliphatic rings. The molecule has 1 N–H and O–H groups in total. The minimum absolute atomic E-state index is 0.00634. The highest BCUT2D eigenvalue weighted by Gasteiger charge is 2.47. The second-order valence-corrected chi connectivity index (χ2v) is 6.62. The van der Waals surface area contributed by atoms with Crippen molar-refractivity contribution >= 4 is 7.75 Å². The summed E-state index contributed by atoms with van der Waals surface area (Å²) in [7, 11) is -3.42. The highest BCUT2D eigenvalue weighted by molar-refractivity contribution is 7.51. The van der Waals surface area contributed by atoms with E-state index in [1.54, 1.807) is 0 Å². The van der Waals surface area contributed by atoms with Crippen molar-refractivity contribution < 1.29 is 23.3 Å². The first-order valence-corrected chi connectivity index (χ1v) is 7.38. The summed E-state index contributed by atoms with van der Waals surface area (Å²) in [6.07, 6.45) is 1.89. The molecule has 1 atom stereocenters. The molecular formula is C9H17N2O6P. The lowest BCUT2D eigenvalue weighted by molar-refractivity contribution is -0.573. The normalized spacial score (nSPS) is 40.8. The third-order valence-electron chi connectivity index (χ3n) is 3.07. The molecule has 0 saturated carbocycles. The summed E-state index contributed by atoms with van der Waals surface area (Å²) >= 11 is 0. The smallest absolute Gasteiger partial charge is 0.377 e. The fourth-order valence-corrected chi connectivity index (χ4v) is 3.32. The zero-order valence-corrected chi connectivity index (χ0v) is 11.1. The van der Waals surface area contributed by atoms with Crippen molar-refractivity contribution in [1.29, 1.82) is 0 Å². The van der Waals surface area contributed by atoms with Gasteiger partial charge in [0.25, 0.3) is 5.54 Å². The largest absolute Gasteiger partial charge is 0.406 e. The molecule has 8 nitrogen and oxygen atoms in total. The Morgan fingerprint density at radius 2 is 2.17 bits per heavy atom. The summed E-state index contributed by atoms with van der Waals surface area (Å²) in [6, 6.07) is 0. The molecule has 0 spiro atoms. The van der Waals surface area contributed by atoms with E-state index in [0.29, 0.717) is 13.2 Å². The van der Waals surface area contributed by atoms with E-state index in [0.717, 1.165) is 12.8 Å². The van der Waals surface area contributed by atoms with E-state index in [4.69, 9.17) is 13.8 Å². The standard InChI is InChI=1S/C9H17N2O6P/c1-9(11(12)13)6-16-18(14,17-7-9)10-5-8-3-2-4-15-8/h8H,2-7H2,1H3,(H,10,14)/t8-,9?,18?/m1/s1. The summed E-state index contributed by atoms with van der Waals surface area (Å²) in [6.45, 7) is 2.02. The molecule has 104 valence electrons. The average molecular weight is 280 g/mol. The maximum atomic E-state index is 12.1. The zero-order valence-electron chi connectivity index (χ0n) is 10.2. The third kappa shape index (κ3) is 3.07. The number of nitrogens with one attached hydrogen (secondary N) is 1. The molecule has 0 aliphatic carbocycles. The first kappa shape index (κ1) is 13.9. The number of nitrogens with zero attached hydrogens (tertiary/aromatic N) is 1. The van der Waals surface area contributed by atoms with Gasteiger partial charge in [0.1, 0.15) is 13.2 Å². The van der Waals surface area contributed by atoms with Gasteiger partial charge in [-0.05, 0) is 12.8 Å². The highest BCUT2D eigenvalue weighted by Crippen LogP contribution is 2.48. The Balaban J connectivity index is 1.83. The molecule has 0 radical (unpaired) electrons. The lowest BCUT2D eigenvalue weighted by Crippen LogP contribution is -2.48. The van der Waals surface area contributed by atoms with Crippen molar-refractivity contribution in [2.45, 2.75) is 31.4 Å². The molecular weight excluding hydrogens is 263 g/mol. The Hall–Kier alpha value is -0.530. The third-order valence-corrected chi connectivity index (χ3v) is 4.58. The molecule has 0 aromatic carbocycles. The van der Waals surface area contributed by atoms with Crippen LogP contribution < -0.4 is 5.09 Å². The number of hydrogen-bond acceptors (Lipinski definition) is 6. The molecule has 0 amide bonds. The van der Waals surface area contributed by atoms with Crippen LogP contribution in [-0.2, 0) is 18.3 Å². The van der Waals surface area contributed by atoms with Crippen molar-refractivity contribution in [2.75, 3.05) is 26.4 Å². The van der Waals surface area contributed by atoms with Crippen LogP contribution >= 0.6 is 7.75 Å². The molecule has 0 unspecified atom stereocenters. The van der Waals surface area contributed by atoms with Crippen LogP contribution in [0.4, 0.5) is 0 Å². The van der Waals surface area contributed by atoms with E-state index in [2.05, 4.69) is 5.09 Å². The van der Waals surface area contributed by atoms with Crippen LogP contribution in [0.3, 0.4) is 0 Å². The number of rotatable bonds is 4. The van der Waals surface area contributed by atoms with Gasteiger partial charge in [-0.25, -0.2) is 9.65 Å². The second kappa shape index (κ2) is 5.22. The fourth-order valence-electron chi connectivity index (χ4n) is 1.74. The number of nitro groups is 1. The highest BCUT2D eigenvalue weighted by atomic mass is 31.2. The van der Waals surface area contributed by atoms with Gasteiger partial charge in [-0.1, -0.05) is 0 Å². The van der Waals surface area contributed by atoms with Gasteiger partial charge in [-0.3, -0.25) is 19.2 Å². The van der Waals surface area contributed by atoms with Crippen LogP contribution in [0.1, 0.15) is 19.8 Å². The predicted molar refractivity (Wildman–Crippen MR) is 61.9 cm³/mol. The van der Waals surface area contributed by atoms with Gasteiger partial charge in [-0.2, -0.15) is 0 Å². The van der Waals surface area contributed by atoms with Gasteiger partial charge in [0.15, 0.2) is 0 Å². The average Bonchev–Trinajstić information content (AvgIpc) is 2.84. The van der Waals surface area contributed by atoms with Crippen LogP contribution in [0.15, 0.2) is 0 Å². The SMILES string of the molecule is CC1([N+](=O)[O-])COP(=O)(NC[C@H]2CCCO2)OC1. The monoisotopic (exact) mass is 280 g/mol. The molecule has 0 aromatic rings. The first-order chi connectivity index (χ1) is 8.44. The number of hydrogen-bond donors (Lipinski definition) is 1. The summed E-state index contributed by atoms with van der Waals surface area (Å²) in [5.41, 5.74) is -1.33. The van der Waals surface area contributed by atoms with Gasteiger partial charge in [0, 0.05) is 25.0 Å². The number of ether oxygens (including phenoxy) is 1. The van der Waals surface area contributed by atoms with Crippen molar-refractivity contribution in [3.8, 4) is 0 Å². The van der Waals surface area contributed by atoms with Crippen LogP contribution in [0.2, 0.25) is 0 Å². The molecule has 2 fully saturated rings. The van der Waals surface area contributed by atoms with Gasteiger partial charge in [0.05, 0.1) is 6.10 Å². The zero-order chi connectivity index (χ0) is 13.2. The molecule has 9 heteroatoms. The Kier molecular flexibility index (Phi) is 4.03. The van der Waals surface area contributed by atoms with Crippen molar-refractivity contribution in [2.24, 2.45) is 0 Å². The fraction of sp³-hybridized carbons (Fsp3) is 1.00. The Morgan fingerprint density at radius 1 is 1.50 bits per heavy atom. The first-order valence-electron chi connectivity index (χ1n) is 5.84. The maximum Gasteiger partial charge on any atom is 0.406 e. The molecule has 2 rings (SSSR count). The molecule has 0 aromatic heterocycles. The lowest BCUT2D eigenvalue weighted by atomic mass is 10.1. The summed E-state index contributed by atoms with van der Waals surface area (Å²) < 4.78 is 27.5. The van der Waals surface area contributed by atoms with Gasteiger partial charge in [-0.15, -0.1) is 0 Å². The van der Waals surface area contributed by atoms with Crippen LogP contribution in [0.5, 0.6) is 0 Å². The van der Waals surface area contributed by atoms with E-state index in [1.165, 1.54) is 6.92 Å². The molecule has 2 aliphatic heterocycles. The maximum absolute atomic E-state index is 12.1. The summed E-state index contributed by atoms with van der Waals surface area (Å²) in [5.74, 6) is 0. The molecule has 2 saturated heterocycles. The predicted octanol–water partition coefficient (Wildman–Crippen LogP) is 0.945. The minimum atomic E-state index is -3.42. The second-order valence-electron chi connectivity index (χ2n) is 4.80. The van der Waals surface area contributed by atoms with Crippen molar-refractivity contribution in [3.63, 3.8) is 0 Å². The lowest BCUT2D eigenvalue weighted by Gasteiger charge is -2.31. The van der Waals surface area contributed by atoms with E-state index < -0.39 is 18.2 Å². The summed E-state index contributed by atoms with van der Waals surface area (Å²) in [4.78, 5) is 10.3. The molecule has 2 heterocycles. The summed E-state index contributed by atoms with van der Waals surface area (Å²) in [5, 5.41) is 13.4. The van der Waals surface area contributed by atoms with Gasteiger partial charge in [0.2, 0.25) is 0 Å². The van der Waals surface area contributed by atoms with E-state index in [9.17, 15) is 14.7 Å². The quantitative estimate of drug-likeness (QED) is 0.464. The Bertz CT molecular complexity index is 358. The van der Waals surface area contributed by atoms with E-state index in [1.807, 2.05) is 0 Å². The molecule has 18 heavy (non-hydrogen) atoms. The van der Waals surface area contributed by atoms with Crippen LogP contribution in [0, 0.1) is 10.1 Å². The van der Waals surface area contributed by atoms with E-state index >= 15 is 0 Å². The van der Waals surface area contributed by atoms with Crippen molar-refractivity contribution in [3.05, 3.63) is 10.1 Å². The minimum Gasteiger partial charge on any atom is -0.377 e. The van der Waals surface area contributed by atoms with Crippen LogP contribution in [-0.4, -0.2) is 42.9 Å². The Labute approximate surface area is 105 Å². The van der Waals surface area contributed by atoms with Crippen LogP contribution in [0.25, 0.3) is 0 Å². The van der Waals surface area contributed by atoms with Crippen molar-refractivity contribution in [1.82, 2.24) is 5.09 Å².